The van der Waals surface area contributed by atoms with E-state index in [0.717, 1.165) is 18.5 Å². The highest BCUT2D eigenvalue weighted by molar-refractivity contribution is 5.94. The lowest BCUT2D eigenvalue weighted by molar-refractivity contribution is 0.0727. The van der Waals surface area contributed by atoms with Gasteiger partial charge in [0.25, 0.3) is 5.91 Å². The zero-order chi connectivity index (χ0) is 13.9. The van der Waals surface area contributed by atoms with Crippen LogP contribution in [0.3, 0.4) is 0 Å². The monoisotopic (exact) mass is 269 g/mol. The molecule has 5 heteroatoms. The first kappa shape index (κ1) is 12.6. The third-order valence-corrected chi connectivity index (χ3v) is 3.34. The fourth-order valence-corrected chi connectivity index (χ4v) is 2.13. The van der Waals surface area contributed by atoms with E-state index >= 15 is 0 Å². The van der Waals surface area contributed by atoms with Gasteiger partial charge < -0.3 is 9.88 Å². The van der Waals surface area contributed by atoms with Gasteiger partial charge in [-0.3, -0.25) is 14.6 Å². The highest BCUT2D eigenvalue weighted by atomic mass is 16.2. The van der Waals surface area contributed by atoms with Gasteiger partial charge in [-0.05, 0) is 31.0 Å². The minimum Gasteiger partial charge on any atom is -0.330 e. The number of carbonyl (C=O) groups is 1. The second-order valence-electron chi connectivity index (χ2n) is 4.93. The van der Waals surface area contributed by atoms with Gasteiger partial charge in [0.1, 0.15) is 0 Å². The maximum atomic E-state index is 12.5. The van der Waals surface area contributed by atoms with E-state index in [1.807, 2.05) is 23.1 Å². The average molecular weight is 269 g/mol. The van der Waals surface area contributed by atoms with E-state index in [1.54, 1.807) is 12.3 Å². The predicted molar refractivity (Wildman–Crippen MR) is 74.2 cm³/mol. The molecule has 1 amide bonds. The van der Waals surface area contributed by atoms with Crippen molar-refractivity contribution in [3.05, 3.63) is 64.3 Å². The molecule has 1 N–H and O–H groups in total. The second kappa shape index (κ2) is 5.28. The molecule has 0 spiro atoms. The average Bonchev–Trinajstić information content (AvgIpc) is 3.30. The quantitative estimate of drug-likeness (QED) is 0.916. The Balaban J connectivity index is 1.82. The van der Waals surface area contributed by atoms with Crippen molar-refractivity contribution in [1.29, 1.82) is 0 Å². The van der Waals surface area contributed by atoms with E-state index in [2.05, 4.69) is 9.97 Å². The lowest BCUT2D eigenvalue weighted by Crippen LogP contribution is -2.33. The zero-order valence-electron chi connectivity index (χ0n) is 11.0. The fraction of sp³-hybridized carbons (Fsp3) is 0.267. The lowest BCUT2D eigenvalue weighted by atomic mass is 10.2. The summed E-state index contributed by atoms with van der Waals surface area (Å²) in [4.78, 5) is 32.2. The van der Waals surface area contributed by atoms with E-state index < -0.39 is 0 Å². The number of pyridine rings is 2. The predicted octanol–water partition coefficient (Wildman–Crippen LogP) is 1.57. The normalized spacial score (nSPS) is 14.0. The molecule has 1 aliphatic rings. The van der Waals surface area contributed by atoms with Crippen LogP contribution in [0, 0.1) is 0 Å². The Morgan fingerprint density at radius 1 is 1.30 bits per heavy atom. The molecule has 0 aliphatic heterocycles. The lowest BCUT2D eigenvalue weighted by Gasteiger charge is -2.22. The van der Waals surface area contributed by atoms with E-state index in [1.165, 1.54) is 12.3 Å². The summed E-state index contributed by atoms with van der Waals surface area (Å²) in [6.07, 6.45) is 5.26. The number of hydrogen-bond acceptors (Lipinski definition) is 3. The fourth-order valence-electron chi connectivity index (χ4n) is 2.13. The van der Waals surface area contributed by atoms with Gasteiger partial charge >= 0.3 is 0 Å². The van der Waals surface area contributed by atoms with E-state index in [9.17, 15) is 9.59 Å². The van der Waals surface area contributed by atoms with E-state index in [0.29, 0.717) is 12.1 Å². The molecule has 5 nitrogen and oxygen atoms in total. The summed E-state index contributed by atoms with van der Waals surface area (Å²) in [7, 11) is 0. The molecule has 2 heterocycles. The molecular weight excluding hydrogens is 254 g/mol. The van der Waals surface area contributed by atoms with Gasteiger partial charge in [0.15, 0.2) is 0 Å². The summed E-state index contributed by atoms with van der Waals surface area (Å²) in [6, 6.07) is 8.91. The van der Waals surface area contributed by atoms with Crippen molar-refractivity contribution in [2.45, 2.75) is 25.4 Å². The molecular formula is C15H15N3O2. The largest absolute Gasteiger partial charge is 0.330 e. The number of nitrogens with one attached hydrogen (secondary N) is 1. The first-order chi connectivity index (χ1) is 9.74. The second-order valence-corrected chi connectivity index (χ2v) is 4.93. The Bertz CT molecular complexity index is 642. The summed E-state index contributed by atoms with van der Waals surface area (Å²) in [5.74, 6) is -0.0607. The third-order valence-electron chi connectivity index (χ3n) is 3.34. The number of carbonyl (C=O) groups excluding carboxylic acids is 1. The molecule has 2 aromatic rings. The SMILES string of the molecule is O=C(c1ccc(=O)[nH]c1)N(Cc1ccccn1)C1CC1. The minimum absolute atomic E-state index is 0.0607. The van der Waals surface area contributed by atoms with Crippen LogP contribution >= 0.6 is 0 Å². The maximum Gasteiger partial charge on any atom is 0.255 e. The standard InChI is InChI=1S/C15H15N3O2/c19-14-7-4-11(9-17-14)15(20)18(13-5-6-13)10-12-3-1-2-8-16-12/h1-4,7-9,13H,5-6,10H2,(H,17,19). The van der Waals surface area contributed by atoms with Crippen LogP contribution in [0.2, 0.25) is 0 Å². The van der Waals surface area contributed by atoms with Gasteiger partial charge in [-0.15, -0.1) is 0 Å². The van der Waals surface area contributed by atoms with Crippen molar-refractivity contribution in [3.63, 3.8) is 0 Å². The molecule has 0 bridgehead atoms. The van der Waals surface area contributed by atoms with Gasteiger partial charge in [-0.25, -0.2) is 0 Å². The summed E-state index contributed by atoms with van der Waals surface area (Å²) in [5.41, 5.74) is 1.17. The topological polar surface area (TPSA) is 66.1 Å². The minimum atomic E-state index is -0.204. The molecule has 0 aromatic carbocycles. The Kier molecular flexibility index (Phi) is 3.33. The summed E-state index contributed by atoms with van der Waals surface area (Å²) >= 11 is 0. The first-order valence-electron chi connectivity index (χ1n) is 6.63. The van der Waals surface area contributed by atoms with Gasteiger partial charge in [0, 0.05) is 24.5 Å². The van der Waals surface area contributed by atoms with Crippen LogP contribution in [0.5, 0.6) is 0 Å². The number of H-pyrrole nitrogens is 1. The number of amides is 1. The Morgan fingerprint density at radius 2 is 2.15 bits per heavy atom. The van der Waals surface area contributed by atoms with Gasteiger partial charge in [0.2, 0.25) is 5.56 Å². The molecule has 0 saturated heterocycles. The number of nitrogens with zero attached hydrogens (tertiary/aromatic N) is 2. The number of aromatic nitrogens is 2. The van der Waals surface area contributed by atoms with Crippen molar-refractivity contribution in [1.82, 2.24) is 14.9 Å². The van der Waals surface area contributed by atoms with Gasteiger partial charge in [-0.2, -0.15) is 0 Å². The van der Waals surface area contributed by atoms with Crippen LogP contribution in [-0.2, 0) is 6.54 Å². The summed E-state index contributed by atoms with van der Waals surface area (Å²) in [6.45, 7) is 0.503. The van der Waals surface area contributed by atoms with Crippen molar-refractivity contribution in [3.8, 4) is 0 Å². The van der Waals surface area contributed by atoms with Crippen LogP contribution in [0.1, 0.15) is 28.9 Å². The summed E-state index contributed by atoms with van der Waals surface area (Å²) < 4.78 is 0. The van der Waals surface area contributed by atoms with Crippen molar-refractivity contribution >= 4 is 5.91 Å². The Labute approximate surface area is 116 Å². The molecule has 20 heavy (non-hydrogen) atoms. The van der Waals surface area contributed by atoms with Gasteiger partial charge in [0.05, 0.1) is 17.8 Å². The molecule has 0 radical (unpaired) electrons. The zero-order valence-corrected chi connectivity index (χ0v) is 11.0. The number of rotatable bonds is 4. The van der Waals surface area contributed by atoms with E-state index in [4.69, 9.17) is 0 Å². The van der Waals surface area contributed by atoms with Crippen molar-refractivity contribution in [2.75, 3.05) is 0 Å². The summed E-state index contributed by atoms with van der Waals surface area (Å²) in [5, 5.41) is 0. The maximum absolute atomic E-state index is 12.5. The molecule has 3 rings (SSSR count). The molecule has 1 aliphatic carbocycles. The number of aromatic amines is 1. The molecule has 1 fully saturated rings. The molecule has 102 valence electrons. The third kappa shape index (κ3) is 2.77. The van der Waals surface area contributed by atoms with Gasteiger partial charge in [-0.1, -0.05) is 6.07 Å². The highest BCUT2D eigenvalue weighted by Crippen LogP contribution is 2.29. The van der Waals surface area contributed by atoms with Crippen LogP contribution in [0.25, 0.3) is 0 Å². The smallest absolute Gasteiger partial charge is 0.255 e. The first-order valence-corrected chi connectivity index (χ1v) is 6.63. The van der Waals surface area contributed by atoms with Crippen LogP contribution in [0.4, 0.5) is 0 Å². The Hall–Kier alpha value is -2.43. The molecule has 1 saturated carbocycles. The molecule has 0 atom stereocenters. The van der Waals surface area contributed by atoms with Crippen molar-refractivity contribution < 1.29 is 4.79 Å². The Morgan fingerprint density at radius 3 is 2.75 bits per heavy atom. The van der Waals surface area contributed by atoms with Crippen LogP contribution in [-0.4, -0.2) is 26.8 Å². The van der Waals surface area contributed by atoms with E-state index in [-0.39, 0.29) is 17.5 Å². The highest BCUT2D eigenvalue weighted by Gasteiger charge is 2.33. The number of hydrogen-bond donors (Lipinski definition) is 1. The molecule has 0 unspecified atom stereocenters. The molecule has 2 aromatic heterocycles. The van der Waals surface area contributed by atoms with Crippen molar-refractivity contribution in [2.24, 2.45) is 0 Å². The van der Waals surface area contributed by atoms with Crippen LogP contribution < -0.4 is 5.56 Å². The van der Waals surface area contributed by atoms with Crippen LogP contribution in [0.15, 0.2) is 47.5 Å².